The lowest BCUT2D eigenvalue weighted by atomic mass is 9.89. The minimum absolute atomic E-state index is 0.212. The van der Waals surface area contributed by atoms with Gasteiger partial charge in [0.2, 0.25) is 0 Å². The molecule has 1 aromatic heterocycles. The Morgan fingerprint density at radius 3 is 2.38 bits per heavy atom. The van der Waals surface area contributed by atoms with E-state index in [4.69, 9.17) is 0 Å². The van der Waals surface area contributed by atoms with Crippen LogP contribution in [0.3, 0.4) is 0 Å². The minimum Gasteiger partial charge on any atom is -0.288 e. The van der Waals surface area contributed by atoms with Gasteiger partial charge >= 0.3 is 0 Å². The highest BCUT2D eigenvalue weighted by atomic mass is 32.1. The number of thiophene rings is 1. The standard InChI is InChI=1S/C13H22NPS/c1-6-13(7-2,14(4)10-15-5)12-9-8-11(3)16-12/h8-9H,5-7,10H2,1-4H3. The van der Waals surface area contributed by atoms with Crippen LogP contribution < -0.4 is 0 Å². The maximum Gasteiger partial charge on any atom is 0.0551 e. The van der Waals surface area contributed by atoms with Crippen molar-refractivity contribution in [3.05, 3.63) is 21.9 Å². The lowest BCUT2D eigenvalue weighted by Gasteiger charge is -2.39. The van der Waals surface area contributed by atoms with E-state index in [1.165, 1.54) is 18.0 Å². The van der Waals surface area contributed by atoms with Gasteiger partial charge in [-0.3, -0.25) is 4.90 Å². The van der Waals surface area contributed by atoms with Crippen LogP contribution in [0.2, 0.25) is 0 Å². The fourth-order valence-electron chi connectivity index (χ4n) is 2.30. The van der Waals surface area contributed by atoms with E-state index >= 15 is 0 Å². The summed E-state index contributed by atoms with van der Waals surface area (Å²) in [6.07, 6.45) is 7.31. The van der Waals surface area contributed by atoms with E-state index in [1.54, 1.807) is 0 Å². The minimum atomic E-state index is 0.212. The highest BCUT2D eigenvalue weighted by Crippen LogP contribution is 2.39. The average molecular weight is 255 g/mol. The largest absolute Gasteiger partial charge is 0.288 e. The van der Waals surface area contributed by atoms with Crippen LogP contribution in [0, 0.1) is 6.92 Å². The summed E-state index contributed by atoms with van der Waals surface area (Å²) >= 11 is 1.93. The molecule has 3 heteroatoms. The Bertz CT molecular complexity index is 341. The van der Waals surface area contributed by atoms with Crippen LogP contribution in [0.1, 0.15) is 36.4 Å². The van der Waals surface area contributed by atoms with Crippen molar-refractivity contribution in [2.75, 3.05) is 13.3 Å². The summed E-state index contributed by atoms with van der Waals surface area (Å²) in [6, 6.07) is 4.53. The summed E-state index contributed by atoms with van der Waals surface area (Å²) in [5, 5.41) is 0. The van der Waals surface area contributed by atoms with Crippen LogP contribution in [0.5, 0.6) is 0 Å². The van der Waals surface area contributed by atoms with Gasteiger partial charge in [0.1, 0.15) is 0 Å². The maximum absolute atomic E-state index is 3.94. The molecule has 0 aliphatic rings. The predicted molar refractivity (Wildman–Crippen MR) is 78.0 cm³/mol. The van der Waals surface area contributed by atoms with Crippen molar-refractivity contribution < 1.29 is 0 Å². The van der Waals surface area contributed by atoms with E-state index in [0.29, 0.717) is 0 Å². The molecule has 0 aliphatic heterocycles. The lowest BCUT2D eigenvalue weighted by molar-refractivity contribution is 0.135. The number of nitrogens with zero attached hydrogens (tertiary/aromatic N) is 1. The third-order valence-electron chi connectivity index (χ3n) is 3.41. The molecule has 0 aliphatic carbocycles. The van der Waals surface area contributed by atoms with Crippen LogP contribution in [-0.4, -0.2) is 24.5 Å². The molecule has 0 N–H and O–H groups in total. The number of rotatable bonds is 6. The second kappa shape index (κ2) is 5.95. The molecule has 0 unspecified atom stereocenters. The Labute approximate surface area is 105 Å². The molecular weight excluding hydrogens is 233 g/mol. The number of hydrogen-bond donors (Lipinski definition) is 0. The second-order valence-corrected chi connectivity index (χ2v) is 6.23. The molecule has 0 fully saturated rings. The molecule has 0 radical (unpaired) electrons. The SMILES string of the molecule is C=PCN(C)C(CC)(CC)c1ccc(C)s1. The van der Waals surface area contributed by atoms with E-state index < -0.39 is 0 Å². The molecule has 16 heavy (non-hydrogen) atoms. The molecule has 1 heterocycles. The zero-order valence-corrected chi connectivity index (χ0v) is 12.5. The summed E-state index contributed by atoms with van der Waals surface area (Å²) < 4.78 is 0. The first-order valence-corrected chi connectivity index (χ1v) is 7.89. The number of hydrogen-bond acceptors (Lipinski definition) is 2. The van der Waals surface area contributed by atoms with E-state index in [1.807, 2.05) is 11.3 Å². The normalized spacial score (nSPS) is 12.6. The van der Waals surface area contributed by atoms with Crippen molar-refractivity contribution in [2.24, 2.45) is 0 Å². The first-order chi connectivity index (χ1) is 7.60. The van der Waals surface area contributed by atoms with Crippen LogP contribution in [0.25, 0.3) is 0 Å². The third-order valence-corrected chi connectivity index (χ3v) is 5.23. The fraction of sp³-hybridized carbons (Fsp3) is 0.615. The predicted octanol–water partition coefficient (Wildman–Crippen LogP) is 4.34. The van der Waals surface area contributed by atoms with E-state index in [-0.39, 0.29) is 5.54 Å². The van der Waals surface area contributed by atoms with Crippen molar-refractivity contribution in [3.63, 3.8) is 0 Å². The molecule has 0 saturated heterocycles. The lowest BCUT2D eigenvalue weighted by Crippen LogP contribution is -2.41. The van der Waals surface area contributed by atoms with Gasteiger partial charge in [-0.05, 0) is 38.9 Å². The van der Waals surface area contributed by atoms with Crippen LogP contribution in [0.15, 0.2) is 12.1 Å². The van der Waals surface area contributed by atoms with Crippen molar-refractivity contribution in [1.29, 1.82) is 0 Å². The highest BCUT2D eigenvalue weighted by Gasteiger charge is 2.33. The Kier molecular flexibility index (Phi) is 5.17. The molecule has 0 spiro atoms. The van der Waals surface area contributed by atoms with E-state index in [0.717, 1.165) is 19.1 Å². The summed E-state index contributed by atoms with van der Waals surface area (Å²) in [4.78, 5) is 5.37. The molecule has 90 valence electrons. The monoisotopic (exact) mass is 255 g/mol. The van der Waals surface area contributed by atoms with Gasteiger partial charge in [-0.15, -0.1) is 11.3 Å². The first kappa shape index (κ1) is 13.9. The molecular formula is C13H22NPS. The first-order valence-electron chi connectivity index (χ1n) is 5.81. The van der Waals surface area contributed by atoms with Crippen molar-refractivity contribution in [1.82, 2.24) is 4.90 Å². The second-order valence-electron chi connectivity index (χ2n) is 4.21. The molecule has 1 rings (SSSR count). The molecule has 0 bridgehead atoms. The quantitative estimate of drug-likeness (QED) is 0.683. The molecule has 1 nitrogen and oxygen atoms in total. The summed E-state index contributed by atoms with van der Waals surface area (Å²) in [6.45, 7) is 6.76. The maximum atomic E-state index is 3.94. The zero-order chi connectivity index (χ0) is 12.2. The Morgan fingerprint density at radius 1 is 1.38 bits per heavy atom. The third kappa shape index (κ3) is 2.56. The summed E-state index contributed by atoms with van der Waals surface area (Å²) in [5.41, 5.74) is 0.212. The smallest absolute Gasteiger partial charge is 0.0551 e. The molecule has 0 atom stereocenters. The van der Waals surface area contributed by atoms with E-state index in [2.05, 4.69) is 51.2 Å². The van der Waals surface area contributed by atoms with Crippen LogP contribution in [0.4, 0.5) is 0 Å². The Balaban J connectivity index is 3.08. The Morgan fingerprint density at radius 2 is 2.00 bits per heavy atom. The van der Waals surface area contributed by atoms with Crippen molar-refractivity contribution >= 4 is 25.8 Å². The van der Waals surface area contributed by atoms with Gasteiger partial charge in [0, 0.05) is 16.0 Å². The van der Waals surface area contributed by atoms with Gasteiger partial charge in [0.05, 0.1) is 5.54 Å². The van der Waals surface area contributed by atoms with Gasteiger partial charge < -0.3 is 0 Å². The summed E-state index contributed by atoms with van der Waals surface area (Å²) in [5.74, 6) is 0. The van der Waals surface area contributed by atoms with Crippen LogP contribution in [-0.2, 0) is 5.54 Å². The van der Waals surface area contributed by atoms with Crippen LogP contribution >= 0.6 is 19.5 Å². The highest BCUT2D eigenvalue weighted by molar-refractivity contribution is 7.36. The van der Waals surface area contributed by atoms with E-state index in [9.17, 15) is 0 Å². The van der Waals surface area contributed by atoms with Gasteiger partial charge in [-0.25, -0.2) is 0 Å². The topological polar surface area (TPSA) is 3.24 Å². The van der Waals surface area contributed by atoms with Crippen molar-refractivity contribution in [2.45, 2.75) is 39.2 Å². The van der Waals surface area contributed by atoms with Gasteiger partial charge in [-0.1, -0.05) is 28.4 Å². The Hall–Kier alpha value is -0.170. The molecule has 1 aromatic rings. The van der Waals surface area contributed by atoms with Gasteiger partial charge in [0.25, 0.3) is 0 Å². The molecule has 0 amide bonds. The zero-order valence-electron chi connectivity index (χ0n) is 10.8. The van der Waals surface area contributed by atoms with Gasteiger partial charge in [-0.2, -0.15) is 0 Å². The van der Waals surface area contributed by atoms with Crippen molar-refractivity contribution in [3.8, 4) is 0 Å². The molecule has 0 saturated carbocycles. The average Bonchev–Trinajstić information content (AvgIpc) is 2.69. The van der Waals surface area contributed by atoms with Gasteiger partial charge in [0.15, 0.2) is 0 Å². The fourth-order valence-corrected chi connectivity index (χ4v) is 4.12. The molecule has 0 aromatic carbocycles. The summed E-state index contributed by atoms with van der Waals surface area (Å²) in [7, 11) is 3.42. The number of aryl methyl sites for hydroxylation is 1.